The summed E-state index contributed by atoms with van der Waals surface area (Å²) in [4.78, 5) is 16.1. The maximum absolute atomic E-state index is 13.0. The van der Waals surface area contributed by atoms with E-state index in [4.69, 9.17) is 4.74 Å². The number of amides is 1. The Hall–Kier alpha value is -1.97. The fraction of sp³-hybridized carbons (Fsp3) is 0.375. The summed E-state index contributed by atoms with van der Waals surface area (Å²) < 4.78 is 42.5. The quantitative estimate of drug-likeness (QED) is 0.745. The van der Waals surface area contributed by atoms with E-state index in [-0.39, 0.29) is 0 Å². The van der Waals surface area contributed by atoms with Crippen molar-refractivity contribution in [1.82, 2.24) is 10.3 Å². The molecule has 0 radical (unpaired) electrons. The molecule has 0 aliphatic rings. The molecule has 1 aromatic heterocycles. The number of nitrogens with one attached hydrogen (secondary N) is 1. The van der Waals surface area contributed by atoms with Gasteiger partial charge in [0.05, 0.1) is 17.5 Å². The second-order valence-corrected chi connectivity index (χ2v) is 6.30. The molecule has 2 N–H and O–H groups in total. The van der Waals surface area contributed by atoms with Crippen LogP contribution in [0.5, 0.6) is 0 Å². The number of hydrogen-bond acceptors (Lipinski definition) is 5. The van der Waals surface area contributed by atoms with Gasteiger partial charge in [0, 0.05) is 13.3 Å². The Morgan fingerprint density at radius 3 is 2.60 bits per heavy atom. The Morgan fingerprint density at radius 1 is 1.36 bits per heavy atom. The van der Waals surface area contributed by atoms with E-state index in [2.05, 4.69) is 4.98 Å². The van der Waals surface area contributed by atoms with Crippen LogP contribution in [0.1, 0.15) is 16.7 Å². The van der Waals surface area contributed by atoms with Crippen LogP contribution < -0.4 is 5.32 Å². The van der Waals surface area contributed by atoms with Crippen molar-refractivity contribution in [1.29, 1.82) is 0 Å². The topological polar surface area (TPSA) is 71.5 Å². The Bertz CT molecular complexity index is 694. The summed E-state index contributed by atoms with van der Waals surface area (Å²) in [5.41, 5.74) is 1.15. The highest BCUT2D eigenvalue weighted by Crippen LogP contribution is 2.28. The first-order valence-corrected chi connectivity index (χ1v) is 8.14. The van der Waals surface area contributed by atoms with Gasteiger partial charge in [-0.3, -0.25) is 4.79 Å². The number of ether oxygens (including phenoxy) is 1. The minimum atomic E-state index is -3.27. The molecule has 0 unspecified atom stereocenters. The van der Waals surface area contributed by atoms with Crippen molar-refractivity contribution in [3.05, 3.63) is 41.0 Å². The van der Waals surface area contributed by atoms with Gasteiger partial charge in [0.15, 0.2) is 0 Å². The molecule has 2 atom stereocenters. The highest BCUT2D eigenvalue weighted by Gasteiger charge is 2.26. The van der Waals surface area contributed by atoms with E-state index in [1.807, 2.05) is 0 Å². The predicted molar refractivity (Wildman–Crippen MR) is 87.1 cm³/mol. The van der Waals surface area contributed by atoms with Crippen molar-refractivity contribution in [2.75, 3.05) is 13.8 Å². The molecular formula is C16H17F3N2O3S. The highest BCUT2D eigenvalue weighted by molar-refractivity contribution is 7.15. The van der Waals surface area contributed by atoms with E-state index in [0.29, 0.717) is 12.2 Å². The monoisotopic (exact) mass is 374 g/mol. The van der Waals surface area contributed by atoms with E-state index in [1.54, 1.807) is 42.9 Å². The molecule has 0 saturated carbocycles. The molecule has 5 nitrogen and oxygen atoms in total. The van der Waals surface area contributed by atoms with Crippen molar-refractivity contribution in [2.45, 2.75) is 25.2 Å². The van der Waals surface area contributed by atoms with Crippen LogP contribution in [-0.4, -0.2) is 42.2 Å². The largest absolute Gasteiger partial charge is 0.386 e. The van der Waals surface area contributed by atoms with E-state index in [9.17, 15) is 23.1 Å². The normalized spacial score (nSPS) is 13.7. The molecule has 0 aliphatic heterocycles. The Kier molecular flexibility index (Phi) is 6.91. The summed E-state index contributed by atoms with van der Waals surface area (Å²) in [6.45, 7) is -0.764. The maximum atomic E-state index is 13.0. The third-order valence-electron chi connectivity index (χ3n) is 3.43. The van der Waals surface area contributed by atoms with E-state index < -0.39 is 31.2 Å². The summed E-state index contributed by atoms with van der Waals surface area (Å²) in [5, 5.41) is 12.7. The number of benzene rings is 1. The van der Waals surface area contributed by atoms with Gasteiger partial charge in [0.2, 0.25) is 0 Å². The molecule has 1 amide bonds. The van der Waals surface area contributed by atoms with Gasteiger partial charge in [0.1, 0.15) is 17.8 Å². The number of halogens is 3. The van der Waals surface area contributed by atoms with Crippen LogP contribution in [0.25, 0.3) is 10.4 Å². The molecule has 0 spiro atoms. The lowest BCUT2D eigenvalue weighted by molar-refractivity contribution is -0.133. The van der Waals surface area contributed by atoms with Crippen LogP contribution in [0.4, 0.5) is 13.2 Å². The molecule has 1 aromatic carbocycles. The van der Waals surface area contributed by atoms with Crippen LogP contribution in [0.3, 0.4) is 0 Å². The number of thiazole rings is 1. The van der Waals surface area contributed by atoms with Crippen LogP contribution in [0.15, 0.2) is 30.5 Å². The maximum Gasteiger partial charge on any atom is 0.315 e. The first-order valence-electron chi connectivity index (χ1n) is 7.32. The molecule has 25 heavy (non-hydrogen) atoms. The van der Waals surface area contributed by atoms with Gasteiger partial charge in [-0.1, -0.05) is 24.3 Å². The van der Waals surface area contributed by atoms with Crippen molar-refractivity contribution in [3.63, 3.8) is 0 Å². The molecule has 0 bridgehead atoms. The fourth-order valence-corrected chi connectivity index (χ4v) is 3.05. The molecule has 0 fully saturated rings. The second kappa shape index (κ2) is 8.93. The molecule has 2 rings (SSSR count). The third kappa shape index (κ3) is 5.00. The first kappa shape index (κ1) is 19.4. The minimum Gasteiger partial charge on any atom is -0.386 e. The van der Waals surface area contributed by atoms with Crippen molar-refractivity contribution in [3.8, 4) is 10.4 Å². The minimum absolute atomic E-state index is 0.308. The van der Waals surface area contributed by atoms with Gasteiger partial charge < -0.3 is 15.2 Å². The average Bonchev–Trinajstić information content (AvgIpc) is 3.08. The lowest BCUT2D eigenvalue weighted by Crippen LogP contribution is -2.43. The lowest BCUT2D eigenvalue weighted by atomic mass is 10.0. The lowest BCUT2D eigenvalue weighted by Gasteiger charge is -2.21. The number of alkyl halides is 3. The average molecular weight is 374 g/mol. The van der Waals surface area contributed by atoms with Crippen LogP contribution >= 0.6 is 11.3 Å². The van der Waals surface area contributed by atoms with Gasteiger partial charge in [-0.05, 0) is 11.1 Å². The van der Waals surface area contributed by atoms with Gasteiger partial charge >= 0.3 is 6.43 Å². The van der Waals surface area contributed by atoms with Crippen molar-refractivity contribution in [2.24, 2.45) is 0 Å². The number of hydrogen-bond donors (Lipinski definition) is 2. The number of aliphatic hydroxyl groups is 1. The fourth-order valence-electron chi connectivity index (χ4n) is 2.16. The zero-order valence-corrected chi connectivity index (χ0v) is 14.1. The van der Waals surface area contributed by atoms with Gasteiger partial charge in [-0.2, -0.15) is 8.78 Å². The zero-order chi connectivity index (χ0) is 18.4. The zero-order valence-electron chi connectivity index (χ0n) is 13.3. The number of carbonyl (C=O) groups is 1. The van der Waals surface area contributed by atoms with E-state index in [0.717, 1.165) is 15.4 Å². The second-order valence-electron chi connectivity index (χ2n) is 5.19. The summed E-state index contributed by atoms with van der Waals surface area (Å²) in [7, 11) is 1.57. The number of methoxy groups -OCH3 is 1. The van der Waals surface area contributed by atoms with Gasteiger partial charge in [-0.15, -0.1) is 11.3 Å². The van der Waals surface area contributed by atoms with Crippen LogP contribution in [0.2, 0.25) is 0 Å². The first-order chi connectivity index (χ1) is 12.0. The van der Waals surface area contributed by atoms with Gasteiger partial charge in [0.25, 0.3) is 5.91 Å². The van der Waals surface area contributed by atoms with Crippen molar-refractivity contribution < 1.29 is 27.8 Å². The third-order valence-corrected chi connectivity index (χ3v) is 4.45. The molecule has 0 saturated heterocycles. The number of carbonyl (C=O) groups excluding carboxylic acids is 1. The smallest absolute Gasteiger partial charge is 0.315 e. The number of aliphatic hydroxyl groups excluding tert-OH is 1. The molecule has 2 aromatic rings. The molecule has 1 heterocycles. The standard InChI is InChI=1S/C16H17F3N2O3S/c1-24-8-13-20-7-12(25-13)9-2-4-10(5-3-9)14(22)11(6-17)21-16(23)15(18)19/h2-5,7,11,14-15,22H,6,8H2,1H3,(H,21,23)/t11-,14-/m1/s1. The molecule has 136 valence electrons. The predicted octanol–water partition coefficient (Wildman–Crippen LogP) is 2.71. The highest BCUT2D eigenvalue weighted by atomic mass is 32.1. The molecular weight excluding hydrogens is 357 g/mol. The SMILES string of the molecule is COCc1ncc(-c2ccc([C@@H](O)[C@@H](CF)NC(=O)C(F)F)cc2)s1. The summed E-state index contributed by atoms with van der Waals surface area (Å²) in [6.07, 6.45) is -3.01. The molecule has 9 heteroatoms. The summed E-state index contributed by atoms with van der Waals surface area (Å²) in [6, 6.07) is 5.06. The summed E-state index contributed by atoms with van der Waals surface area (Å²) in [5.74, 6) is -1.62. The molecule has 0 aliphatic carbocycles. The Balaban J connectivity index is 2.10. The summed E-state index contributed by atoms with van der Waals surface area (Å²) >= 11 is 1.45. The number of nitrogens with zero attached hydrogens (tertiary/aromatic N) is 1. The Labute approximate surface area is 146 Å². The van der Waals surface area contributed by atoms with E-state index in [1.165, 1.54) is 11.3 Å². The van der Waals surface area contributed by atoms with Crippen LogP contribution in [-0.2, 0) is 16.1 Å². The number of rotatable bonds is 8. The van der Waals surface area contributed by atoms with Crippen LogP contribution in [0, 0.1) is 0 Å². The Morgan fingerprint density at radius 2 is 2.04 bits per heavy atom. The number of aromatic nitrogens is 1. The van der Waals surface area contributed by atoms with Crippen molar-refractivity contribution >= 4 is 17.2 Å². The van der Waals surface area contributed by atoms with E-state index >= 15 is 0 Å². The van der Waals surface area contributed by atoms with Gasteiger partial charge in [-0.25, -0.2) is 9.37 Å².